The molecule has 0 amide bonds. The van der Waals surface area contributed by atoms with Gasteiger partial charge >= 0.3 is 5.97 Å². The molecule has 0 heterocycles. The van der Waals surface area contributed by atoms with E-state index in [1.165, 1.54) is 12.1 Å². The van der Waals surface area contributed by atoms with Gasteiger partial charge < -0.3 is 14.7 Å². The third-order valence-corrected chi connectivity index (χ3v) is 2.72. The summed E-state index contributed by atoms with van der Waals surface area (Å²) < 4.78 is 4.97. The van der Waals surface area contributed by atoms with Gasteiger partial charge in [-0.3, -0.25) is 10.1 Å². The van der Waals surface area contributed by atoms with Gasteiger partial charge in [0.25, 0.3) is 5.69 Å². The molecule has 1 N–H and O–H groups in total. The summed E-state index contributed by atoms with van der Waals surface area (Å²) in [5.74, 6) is -1.31. The highest BCUT2D eigenvalue weighted by atomic mass is 16.6. The Balaban J connectivity index is 3.13. The summed E-state index contributed by atoms with van der Waals surface area (Å²) in [5.41, 5.74) is -0.103. The minimum Gasteiger partial charge on any atom is -0.477 e. The van der Waals surface area contributed by atoms with Gasteiger partial charge in [-0.2, -0.15) is 0 Å². The molecule has 0 aromatic heterocycles. The van der Waals surface area contributed by atoms with E-state index in [0.717, 1.165) is 0 Å². The van der Waals surface area contributed by atoms with Crippen molar-refractivity contribution in [3.8, 4) is 0 Å². The molecule has 19 heavy (non-hydrogen) atoms. The van der Waals surface area contributed by atoms with E-state index in [4.69, 9.17) is 9.84 Å². The van der Waals surface area contributed by atoms with Crippen molar-refractivity contribution in [2.45, 2.75) is 6.92 Å². The number of benzene rings is 1. The molecule has 0 spiro atoms. The molecule has 0 unspecified atom stereocenters. The van der Waals surface area contributed by atoms with Gasteiger partial charge in [-0.15, -0.1) is 0 Å². The number of nitro benzene ring substituents is 1. The molecule has 0 fully saturated rings. The van der Waals surface area contributed by atoms with E-state index in [1.54, 1.807) is 13.2 Å². The normalized spacial score (nSPS) is 10.2. The van der Waals surface area contributed by atoms with Gasteiger partial charge in [-0.1, -0.05) is 0 Å². The van der Waals surface area contributed by atoms with Crippen LogP contribution in [-0.2, 0) is 4.74 Å². The van der Waals surface area contributed by atoms with E-state index in [1.807, 2.05) is 11.8 Å². The lowest BCUT2D eigenvalue weighted by molar-refractivity contribution is -0.385. The number of nitrogens with zero attached hydrogens (tertiary/aromatic N) is 2. The van der Waals surface area contributed by atoms with Crippen molar-refractivity contribution in [1.29, 1.82) is 0 Å². The van der Waals surface area contributed by atoms with Crippen LogP contribution >= 0.6 is 0 Å². The summed E-state index contributed by atoms with van der Waals surface area (Å²) in [7, 11) is 1.57. The first-order chi connectivity index (χ1) is 9.01. The van der Waals surface area contributed by atoms with Gasteiger partial charge in [-0.05, 0) is 19.1 Å². The second kappa shape index (κ2) is 6.69. The molecule has 1 aromatic rings. The zero-order valence-electron chi connectivity index (χ0n) is 10.8. The van der Waals surface area contributed by atoms with E-state index in [-0.39, 0.29) is 5.56 Å². The number of anilines is 1. The number of nitro groups is 1. The first-order valence-electron chi connectivity index (χ1n) is 5.76. The Morgan fingerprint density at radius 3 is 2.68 bits per heavy atom. The number of hydrogen-bond donors (Lipinski definition) is 1. The maximum Gasteiger partial charge on any atom is 0.342 e. The maximum atomic E-state index is 10.9. The molecule has 0 bridgehead atoms. The number of carboxylic acids is 1. The third-order valence-electron chi connectivity index (χ3n) is 2.72. The first-order valence-corrected chi connectivity index (χ1v) is 5.76. The Bertz CT molecular complexity index is 475. The molecule has 104 valence electrons. The molecule has 0 saturated heterocycles. The van der Waals surface area contributed by atoms with Crippen molar-refractivity contribution in [2.24, 2.45) is 0 Å². The van der Waals surface area contributed by atoms with Crippen LogP contribution in [0.5, 0.6) is 0 Å². The summed E-state index contributed by atoms with van der Waals surface area (Å²) in [6.07, 6.45) is 0. The highest BCUT2D eigenvalue weighted by Gasteiger charge is 2.21. The van der Waals surface area contributed by atoms with Gasteiger partial charge in [0.1, 0.15) is 5.56 Å². The van der Waals surface area contributed by atoms with Crippen molar-refractivity contribution >= 4 is 17.3 Å². The van der Waals surface area contributed by atoms with Crippen LogP contribution in [0.2, 0.25) is 0 Å². The molecule has 0 atom stereocenters. The van der Waals surface area contributed by atoms with E-state index in [2.05, 4.69) is 0 Å². The average Bonchev–Trinajstić information content (AvgIpc) is 2.39. The summed E-state index contributed by atoms with van der Waals surface area (Å²) in [5, 5.41) is 19.8. The fraction of sp³-hybridized carbons (Fsp3) is 0.417. The van der Waals surface area contributed by atoms with Crippen molar-refractivity contribution < 1.29 is 19.6 Å². The molecular weight excluding hydrogens is 252 g/mol. The smallest absolute Gasteiger partial charge is 0.342 e. The number of likely N-dealkylation sites (N-methyl/N-ethyl adjacent to an activating group) is 1. The number of methoxy groups -OCH3 is 1. The molecule has 0 aliphatic rings. The minimum absolute atomic E-state index is 0.309. The van der Waals surface area contributed by atoms with Crippen LogP contribution in [-0.4, -0.2) is 42.8 Å². The van der Waals surface area contributed by atoms with Gasteiger partial charge in [0.2, 0.25) is 0 Å². The van der Waals surface area contributed by atoms with Crippen LogP contribution in [0.4, 0.5) is 11.4 Å². The number of carbonyl (C=O) groups is 1. The fourth-order valence-electron chi connectivity index (χ4n) is 1.72. The second-order valence-electron chi connectivity index (χ2n) is 3.84. The standard InChI is InChI=1S/C12H16N2O5/c1-3-13(6-7-19-2)9-4-5-10(12(15)16)11(8-9)14(17)18/h4-5,8H,3,6-7H2,1-2H3,(H,15,16). The van der Waals surface area contributed by atoms with Gasteiger partial charge in [0, 0.05) is 32.0 Å². The Labute approximate surface area is 110 Å². The highest BCUT2D eigenvalue weighted by molar-refractivity contribution is 5.93. The predicted molar refractivity (Wildman–Crippen MR) is 69.8 cm³/mol. The maximum absolute atomic E-state index is 10.9. The summed E-state index contributed by atoms with van der Waals surface area (Å²) >= 11 is 0. The zero-order valence-corrected chi connectivity index (χ0v) is 10.8. The average molecular weight is 268 g/mol. The molecule has 0 saturated carbocycles. The van der Waals surface area contributed by atoms with E-state index in [0.29, 0.717) is 25.4 Å². The van der Waals surface area contributed by atoms with Crippen molar-refractivity contribution in [2.75, 3.05) is 31.7 Å². The molecule has 0 aliphatic heterocycles. The summed E-state index contributed by atoms with van der Waals surface area (Å²) in [4.78, 5) is 23.0. The largest absolute Gasteiger partial charge is 0.477 e. The second-order valence-corrected chi connectivity index (χ2v) is 3.84. The first kappa shape index (κ1) is 14.9. The third kappa shape index (κ3) is 3.65. The Morgan fingerprint density at radius 2 is 2.21 bits per heavy atom. The number of ether oxygens (including phenoxy) is 1. The van der Waals surface area contributed by atoms with E-state index < -0.39 is 16.6 Å². The lowest BCUT2D eigenvalue weighted by Gasteiger charge is -2.22. The van der Waals surface area contributed by atoms with Crippen LogP contribution in [0.15, 0.2) is 18.2 Å². The van der Waals surface area contributed by atoms with Crippen LogP contribution < -0.4 is 4.90 Å². The topological polar surface area (TPSA) is 92.9 Å². The van der Waals surface area contributed by atoms with Crippen LogP contribution in [0.25, 0.3) is 0 Å². The van der Waals surface area contributed by atoms with Gasteiger partial charge in [0.05, 0.1) is 11.5 Å². The quantitative estimate of drug-likeness (QED) is 0.598. The predicted octanol–water partition coefficient (Wildman–Crippen LogP) is 1.77. The molecule has 7 heteroatoms. The van der Waals surface area contributed by atoms with E-state index >= 15 is 0 Å². The summed E-state index contributed by atoms with van der Waals surface area (Å²) in [6.45, 7) is 3.62. The van der Waals surface area contributed by atoms with Crippen molar-refractivity contribution in [3.63, 3.8) is 0 Å². The Morgan fingerprint density at radius 1 is 1.53 bits per heavy atom. The van der Waals surface area contributed by atoms with Crippen LogP contribution in [0.1, 0.15) is 17.3 Å². The molecule has 0 aliphatic carbocycles. The minimum atomic E-state index is -1.31. The lowest BCUT2D eigenvalue weighted by Crippen LogP contribution is -2.26. The van der Waals surface area contributed by atoms with Crippen molar-refractivity contribution in [3.05, 3.63) is 33.9 Å². The number of hydrogen-bond acceptors (Lipinski definition) is 5. The van der Waals surface area contributed by atoms with Gasteiger partial charge in [-0.25, -0.2) is 4.79 Å². The molecular formula is C12H16N2O5. The van der Waals surface area contributed by atoms with Crippen molar-refractivity contribution in [1.82, 2.24) is 0 Å². The van der Waals surface area contributed by atoms with E-state index in [9.17, 15) is 14.9 Å². The Hall–Kier alpha value is -2.15. The monoisotopic (exact) mass is 268 g/mol. The molecule has 1 rings (SSSR count). The number of carboxylic acid groups (broad SMARTS) is 1. The van der Waals surface area contributed by atoms with Crippen LogP contribution in [0, 0.1) is 10.1 Å². The SMILES string of the molecule is CCN(CCOC)c1ccc(C(=O)O)c([N+](=O)[O-])c1. The lowest BCUT2D eigenvalue weighted by atomic mass is 10.1. The zero-order chi connectivity index (χ0) is 14.4. The van der Waals surface area contributed by atoms with Gasteiger partial charge in [0.15, 0.2) is 0 Å². The molecule has 1 aromatic carbocycles. The van der Waals surface area contributed by atoms with Crippen LogP contribution in [0.3, 0.4) is 0 Å². The number of rotatable bonds is 7. The Kier molecular flexibility index (Phi) is 5.25. The fourth-order valence-corrected chi connectivity index (χ4v) is 1.72. The summed E-state index contributed by atoms with van der Waals surface area (Å²) in [6, 6.07) is 4.10. The molecule has 7 nitrogen and oxygen atoms in total. The molecule has 0 radical (unpaired) electrons. The number of aromatic carboxylic acids is 1. The highest BCUT2D eigenvalue weighted by Crippen LogP contribution is 2.25.